The normalized spacial score (nSPS) is 13.8. The third kappa shape index (κ3) is 3.18. The van der Waals surface area contributed by atoms with E-state index in [0.29, 0.717) is 30.9 Å². The van der Waals surface area contributed by atoms with Crippen molar-refractivity contribution in [3.63, 3.8) is 0 Å². The minimum Gasteiger partial charge on any atom is -0.486 e. The van der Waals surface area contributed by atoms with Crippen LogP contribution in [0.3, 0.4) is 0 Å². The van der Waals surface area contributed by atoms with Gasteiger partial charge in [-0.2, -0.15) is 5.26 Å². The van der Waals surface area contributed by atoms with Crippen molar-refractivity contribution in [3.8, 4) is 23.3 Å². The van der Waals surface area contributed by atoms with Crippen LogP contribution in [-0.2, 0) is 0 Å². The Morgan fingerprint density at radius 3 is 2.68 bits per heavy atom. The summed E-state index contributed by atoms with van der Waals surface area (Å²) in [6.45, 7) is 6.79. The number of carbonyl (C=O) groups is 1. The number of benzene rings is 1. The van der Waals surface area contributed by atoms with Crippen LogP contribution in [0.1, 0.15) is 35.1 Å². The van der Waals surface area contributed by atoms with E-state index in [4.69, 9.17) is 14.7 Å². The second-order valence-electron chi connectivity index (χ2n) is 6.01. The number of hydrogen-bond acceptors (Lipinski definition) is 4. The summed E-state index contributed by atoms with van der Waals surface area (Å²) in [4.78, 5) is 12.5. The van der Waals surface area contributed by atoms with E-state index in [1.165, 1.54) is 0 Å². The molecule has 1 aliphatic heterocycles. The molecule has 0 saturated heterocycles. The molecule has 2 heterocycles. The first-order valence-corrected chi connectivity index (χ1v) is 8.34. The van der Waals surface area contributed by atoms with Gasteiger partial charge in [0.1, 0.15) is 19.3 Å². The SMILES string of the molecule is CC[C@H](C#N)NC(=O)c1cc(C)n(-c2ccc3c(c2)OCCO3)c1C. The summed E-state index contributed by atoms with van der Waals surface area (Å²) in [7, 11) is 0. The Balaban J connectivity index is 1.95. The maximum Gasteiger partial charge on any atom is 0.254 e. The molecule has 0 saturated carbocycles. The van der Waals surface area contributed by atoms with E-state index >= 15 is 0 Å². The van der Waals surface area contributed by atoms with Gasteiger partial charge in [0.25, 0.3) is 5.91 Å². The lowest BCUT2D eigenvalue weighted by Crippen LogP contribution is -2.33. The molecule has 130 valence electrons. The number of aryl methyl sites for hydroxylation is 1. The molecule has 0 spiro atoms. The molecule has 1 atom stereocenters. The second-order valence-corrected chi connectivity index (χ2v) is 6.01. The van der Waals surface area contributed by atoms with Gasteiger partial charge >= 0.3 is 0 Å². The molecule has 1 N–H and O–H groups in total. The van der Waals surface area contributed by atoms with E-state index in [0.717, 1.165) is 22.8 Å². The van der Waals surface area contributed by atoms with Crippen molar-refractivity contribution in [2.45, 2.75) is 33.2 Å². The molecule has 3 rings (SSSR count). The molecular weight excluding hydrogens is 318 g/mol. The molecular formula is C19H21N3O3. The van der Waals surface area contributed by atoms with Crippen LogP contribution in [0.15, 0.2) is 24.3 Å². The van der Waals surface area contributed by atoms with Crippen LogP contribution in [0.4, 0.5) is 0 Å². The average molecular weight is 339 g/mol. The number of carbonyl (C=O) groups excluding carboxylic acids is 1. The predicted molar refractivity (Wildman–Crippen MR) is 93.4 cm³/mol. The largest absolute Gasteiger partial charge is 0.486 e. The number of hydrogen-bond donors (Lipinski definition) is 1. The first-order chi connectivity index (χ1) is 12.0. The Hall–Kier alpha value is -2.94. The van der Waals surface area contributed by atoms with Crippen molar-refractivity contribution < 1.29 is 14.3 Å². The summed E-state index contributed by atoms with van der Waals surface area (Å²) in [5.41, 5.74) is 3.23. The number of ether oxygens (including phenoxy) is 2. The van der Waals surface area contributed by atoms with Gasteiger partial charge in [-0.3, -0.25) is 4.79 Å². The second kappa shape index (κ2) is 6.89. The van der Waals surface area contributed by atoms with Crippen molar-refractivity contribution in [3.05, 3.63) is 41.2 Å². The minimum atomic E-state index is -0.482. The lowest BCUT2D eigenvalue weighted by Gasteiger charge is -2.20. The van der Waals surface area contributed by atoms with Gasteiger partial charge in [-0.15, -0.1) is 0 Å². The summed E-state index contributed by atoms with van der Waals surface area (Å²) in [6, 6.07) is 9.19. The van der Waals surface area contributed by atoms with Crippen molar-refractivity contribution >= 4 is 5.91 Å². The van der Waals surface area contributed by atoms with Gasteiger partial charge in [0.05, 0.1) is 11.6 Å². The van der Waals surface area contributed by atoms with Crippen LogP contribution >= 0.6 is 0 Å². The van der Waals surface area contributed by atoms with Gasteiger partial charge < -0.3 is 19.4 Å². The van der Waals surface area contributed by atoms with Crippen molar-refractivity contribution in [2.75, 3.05) is 13.2 Å². The lowest BCUT2D eigenvalue weighted by molar-refractivity contribution is 0.0944. The summed E-state index contributed by atoms with van der Waals surface area (Å²) in [5.74, 6) is 1.21. The van der Waals surface area contributed by atoms with E-state index < -0.39 is 6.04 Å². The Bertz CT molecular complexity index is 848. The zero-order valence-electron chi connectivity index (χ0n) is 14.6. The van der Waals surface area contributed by atoms with Gasteiger partial charge in [0.2, 0.25) is 0 Å². The molecule has 25 heavy (non-hydrogen) atoms. The number of rotatable bonds is 4. The Labute approximate surface area is 147 Å². The van der Waals surface area contributed by atoms with Crippen molar-refractivity contribution in [1.29, 1.82) is 5.26 Å². The van der Waals surface area contributed by atoms with Gasteiger partial charge in [-0.25, -0.2) is 0 Å². The summed E-state index contributed by atoms with van der Waals surface area (Å²) in [5, 5.41) is 11.8. The fraction of sp³-hybridized carbons (Fsp3) is 0.368. The topological polar surface area (TPSA) is 76.3 Å². The lowest BCUT2D eigenvalue weighted by atomic mass is 10.2. The molecule has 0 unspecified atom stereocenters. The molecule has 6 heteroatoms. The minimum absolute atomic E-state index is 0.231. The van der Waals surface area contributed by atoms with Crippen molar-refractivity contribution in [2.24, 2.45) is 0 Å². The smallest absolute Gasteiger partial charge is 0.254 e. The number of aromatic nitrogens is 1. The molecule has 2 aromatic rings. The number of nitriles is 1. The first-order valence-electron chi connectivity index (χ1n) is 8.34. The molecule has 0 radical (unpaired) electrons. The van der Waals surface area contributed by atoms with E-state index in [9.17, 15) is 4.79 Å². The highest BCUT2D eigenvalue weighted by atomic mass is 16.6. The van der Waals surface area contributed by atoms with E-state index in [2.05, 4.69) is 11.4 Å². The number of fused-ring (bicyclic) bond motifs is 1. The summed E-state index contributed by atoms with van der Waals surface area (Å²) >= 11 is 0. The van der Waals surface area contributed by atoms with Crippen LogP contribution in [0.2, 0.25) is 0 Å². The number of amides is 1. The number of nitrogens with one attached hydrogen (secondary N) is 1. The fourth-order valence-electron chi connectivity index (χ4n) is 3.02. The maximum absolute atomic E-state index is 12.5. The zero-order chi connectivity index (χ0) is 18.0. The molecule has 1 aromatic heterocycles. The molecule has 0 aliphatic carbocycles. The third-order valence-corrected chi connectivity index (χ3v) is 4.33. The van der Waals surface area contributed by atoms with Gasteiger partial charge in [0.15, 0.2) is 11.5 Å². The van der Waals surface area contributed by atoms with E-state index in [1.54, 1.807) is 0 Å². The van der Waals surface area contributed by atoms with Crippen LogP contribution in [0.5, 0.6) is 11.5 Å². The van der Waals surface area contributed by atoms with Gasteiger partial charge in [-0.1, -0.05) is 6.92 Å². The average Bonchev–Trinajstić information content (AvgIpc) is 2.93. The summed E-state index contributed by atoms with van der Waals surface area (Å²) < 4.78 is 13.2. The fourth-order valence-corrected chi connectivity index (χ4v) is 3.02. The van der Waals surface area contributed by atoms with E-state index in [-0.39, 0.29) is 5.91 Å². The maximum atomic E-state index is 12.5. The van der Waals surface area contributed by atoms with Crippen LogP contribution in [-0.4, -0.2) is 29.7 Å². The van der Waals surface area contributed by atoms with E-state index in [1.807, 2.05) is 49.6 Å². The first kappa shape index (κ1) is 16.9. The molecule has 1 aliphatic rings. The molecule has 0 fully saturated rings. The Morgan fingerprint density at radius 2 is 2.00 bits per heavy atom. The monoisotopic (exact) mass is 339 g/mol. The van der Waals surface area contributed by atoms with Gasteiger partial charge in [-0.05, 0) is 38.5 Å². The highest BCUT2D eigenvalue weighted by molar-refractivity contribution is 5.96. The third-order valence-electron chi connectivity index (χ3n) is 4.33. The van der Waals surface area contributed by atoms with Crippen LogP contribution in [0, 0.1) is 25.2 Å². The van der Waals surface area contributed by atoms with Crippen molar-refractivity contribution in [1.82, 2.24) is 9.88 Å². The summed E-state index contributed by atoms with van der Waals surface area (Å²) in [6.07, 6.45) is 0.573. The predicted octanol–water partition coefficient (Wildman–Crippen LogP) is 2.90. The zero-order valence-corrected chi connectivity index (χ0v) is 14.6. The Kier molecular flexibility index (Phi) is 4.66. The van der Waals surface area contributed by atoms with Crippen LogP contribution < -0.4 is 14.8 Å². The molecule has 1 aromatic carbocycles. The highest BCUT2D eigenvalue weighted by Crippen LogP contribution is 2.33. The van der Waals surface area contributed by atoms with Gasteiger partial charge in [0, 0.05) is 23.1 Å². The molecule has 6 nitrogen and oxygen atoms in total. The van der Waals surface area contributed by atoms with Crippen LogP contribution in [0.25, 0.3) is 5.69 Å². The molecule has 0 bridgehead atoms. The standard InChI is InChI=1S/C19H21N3O3/c1-4-14(11-20)21-19(23)16-9-12(2)22(13(16)3)15-5-6-17-18(10-15)25-8-7-24-17/h5-6,9-10,14H,4,7-8H2,1-3H3,(H,21,23)/t14-/m1/s1. The number of nitrogens with zero attached hydrogens (tertiary/aromatic N) is 2. The molecule has 1 amide bonds. The Morgan fingerprint density at radius 1 is 1.28 bits per heavy atom. The quantitative estimate of drug-likeness (QED) is 0.929. The highest BCUT2D eigenvalue weighted by Gasteiger charge is 2.20.